The van der Waals surface area contributed by atoms with Crippen molar-refractivity contribution < 1.29 is 9.59 Å². The van der Waals surface area contributed by atoms with Gasteiger partial charge in [0.15, 0.2) is 0 Å². The molecule has 2 N–H and O–H groups in total. The SMILES string of the molecule is Cc1cc(CNC(=O)C2CCC(NC(=O)c3ccc(C)c(Cl)c3)CC2)ccn1. The van der Waals surface area contributed by atoms with Crippen molar-refractivity contribution >= 4 is 23.4 Å². The Morgan fingerprint density at radius 3 is 2.54 bits per heavy atom. The van der Waals surface area contributed by atoms with E-state index < -0.39 is 0 Å². The van der Waals surface area contributed by atoms with Gasteiger partial charge in [0.1, 0.15) is 0 Å². The molecule has 1 aromatic carbocycles. The smallest absolute Gasteiger partial charge is 0.251 e. The zero-order valence-corrected chi connectivity index (χ0v) is 17.1. The van der Waals surface area contributed by atoms with Gasteiger partial charge in [0, 0.05) is 41.0 Å². The summed E-state index contributed by atoms with van der Waals surface area (Å²) in [6.45, 7) is 4.37. The standard InChI is InChI=1S/C22H26ClN3O2/c1-14-3-4-18(12-20(14)23)22(28)26-19-7-5-17(6-8-19)21(27)25-13-16-9-10-24-15(2)11-16/h3-4,9-12,17,19H,5-8,13H2,1-2H3,(H,25,27)(H,26,28). The molecule has 2 aromatic rings. The Bertz CT molecular complexity index is 861. The zero-order valence-electron chi connectivity index (χ0n) is 16.3. The molecule has 3 rings (SSSR count). The summed E-state index contributed by atoms with van der Waals surface area (Å²) in [4.78, 5) is 29.0. The lowest BCUT2D eigenvalue weighted by Gasteiger charge is -2.28. The third-order valence-electron chi connectivity index (χ3n) is 5.30. The fourth-order valence-electron chi connectivity index (χ4n) is 3.55. The van der Waals surface area contributed by atoms with Crippen molar-refractivity contribution in [1.29, 1.82) is 0 Å². The summed E-state index contributed by atoms with van der Waals surface area (Å²) in [6.07, 6.45) is 4.92. The van der Waals surface area contributed by atoms with Gasteiger partial charge in [-0.3, -0.25) is 14.6 Å². The molecule has 6 heteroatoms. The number of nitrogens with zero attached hydrogens (tertiary/aromatic N) is 1. The van der Waals surface area contributed by atoms with Gasteiger partial charge in [-0.25, -0.2) is 0 Å². The first-order valence-corrected chi connectivity index (χ1v) is 10.1. The maximum Gasteiger partial charge on any atom is 0.251 e. The predicted octanol–water partition coefficient (Wildman–Crippen LogP) is 3.96. The van der Waals surface area contributed by atoms with Gasteiger partial charge in [0.05, 0.1) is 0 Å². The average Bonchev–Trinajstić information content (AvgIpc) is 2.69. The number of carbonyl (C=O) groups excluding carboxylic acids is 2. The molecule has 148 valence electrons. The van der Waals surface area contributed by atoms with E-state index >= 15 is 0 Å². The van der Waals surface area contributed by atoms with Crippen LogP contribution in [-0.2, 0) is 11.3 Å². The van der Waals surface area contributed by atoms with Crippen molar-refractivity contribution in [3.63, 3.8) is 0 Å². The van der Waals surface area contributed by atoms with E-state index in [9.17, 15) is 9.59 Å². The monoisotopic (exact) mass is 399 g/mol. The van der Waals surface area contributed by atoms with Crippen molar-refractivity contribution in [2.45, 2.75) is 52.1 Å². The third kappa shape index (κ3) is 5.32. The number of aryl methyl sites for hydroxylation is 2. The molecule has 0 bridgehead atoms. The maximum atomic E-state index is 12.4. The lowest BCUT2D eigenvalue weighted by atomic mass is 9.85. The first-order chi connectivity index (χ1) is 13.4. The van der Waals surface area contributed by atoms with E-state index in [-0.39, 0.29) is 23.8 Å². The normalized spacial score (nSPS) is 19.1. The van der Waals surface area contributed by atoms with E-state index in [0.717, 1.165) is 42.5 Å². The van der Waals surface area contributed by atoms with Crippen molar-refractivity contribution in [2.24, 2.45) is 5.92 Å². The number of rotatable bonds is 5. The summed E-state index contributed by atoms with van der Waals surface area (Å²) in [7, 11) is 0. The van der Waals surface area contributed by atoms with E-state index in [1.807, 2.05) is 32.0 Å². The summed E-state index contributed by atoms with van der Waals surface area (Å²) in [5.74, 6) is -0.0164. The Labute approximate surface area is 170 Å². The van der Waals surface area contributed by atoms with E-state index in [1.54, 1.807) is 18.3 Å². The molecule has 0 spiro atoms. The minimum absolute atomic E-state index is 0.00454. The second kappa shape index (κ2) is 9.20. The highest BCUT2D eigenvalue weighted by atomic mass is 35.5. The fourth-order valence-corrected chi connectivity index (χ4v) is 3.73. The van der Waals surface area contributed by atoms with Crippen molar-refractivity contribution in [2.75, 3.05) is 0 Å². The molecular weight excluding hydrogens is 374 g/mol. The maximum absolute atomic E-state index is 12.4. The highest BCUT2D eigenvalue weighted by molar-refractivity contribution is 6.31. The van der Waals surface area contributed by atoms with Gasteiger partial charge >= 0.3 is 0 Å². The Balaban J connectivity index is 1.45. The minimum Gasteiger partial charge on any atom is -0.352 e. The molecule has 0 saturated heterocycles. The molecule has 0 atom stereocenters. The van der Waals surface area contributed by atoms with E-state index in [2.05, 4.69) is 15.6 Å². The number of pyridine rings is 1. The molecule has 0 unspecified atom stereocenters. The number of halogens is 1. The molecule has 1 aromatic heterocycles. The summed E-state index contributed by atoms with van der Waals surface area (Å²) in [6, 6.07) is 9.33. The Morgan fingerprint density at radius 2 is 1.86 bits per heavy atom. The Morgan fingerprint density at radius 1 is 1.11 bits per heavy atom. The zero-order chi connectivity index (χ0) is 20.1. The second-order valence-corrected chi connectivity index (χ2v) is 7.92. The van der Waals surface area contributed by atoms with Gasteiger partial charge in [-0.15, -0.1) is 0 Å². The molecule has 0 radical (unpaired) electrons. The van der Waals surface area contributed by atoms with Crippen LogP contribution in [0.2, 0.25) is 5.02 Å². The van der Waals surface area contributed by atoms with Crippen LogP contribution in [0.1, 0.15) is 52.9 Å². The number of carbonyl (C=O) groups is 2. The number of aromatic nitrogens is 1. The van der Waals surface area contributed by atoms with Crippen molar-refractivity contribution in [1.82, 2.24) is 15.6 Å². The van der Waals surface area contributed by atoms with E-state index in [1.165, 1.54) is 0 Å². The van der Waals surface area contributed by atoms with Crippen molar-refractivity contribution in [3.05, 3.63) is 63.9 Å². The first-order valence-electron chi connectivity index (χ1n) is 9.68. The first kappa shape index (κ1) is 20.3. The number of nitrogens with one attached hydrogen (secondary N) is 2. The van der Waals surface area contributed by atoms with Crippen LogP contribution in [0.25, 0.3) is 0 Å². The number of hydrogen-bond acceptors (Lipinski definition) is 3. The highest BCUT2D eigenvalue weighted by Crippen LogP contribution is 2.25. The summed E-state index contributed by atoms with van der Waals surface area (Å²) < 4.78 is 0. The number of amides is 2. The van der Waals surface area contributed by atoms with Gasteiger partial charge in [0.25, 0.3) is 5.91 Å². The van der Waals surface area contributed by atoms with Gasteiger partial charge in [-0.1, -0.05) is 17.7 Å². The number of hydrogen-bond donors (Lipinski definition) is 2. The largest absolute Gasteiger partial charge is 0.352 e. The van der Waals surface area contributed by atoms with Crippen LogP contribution in [0.5, 0.6) is 0 Å². The Hall–Kier alpha value is -2.40. The molecule has 1 heterocycles. The van der Waals surface area contributed by atoms with E-state index in [0.29, 0.717) is 17.1 Å². The molecule has 1 aliphatic rings. The molecule has 0 aliphatic heterocycles. The second-order valence-electron chi connectivity index (χ2n) is 7.51. The van der Waals surface area contributed by atoms with Crippen LogP contribution >= 0.6 is 11.6 Å². The van der Waals surface area contributed by atoms with Gasteiger partial charge < -0.3 is 10.6 Å². The van der Waals surface area contributed by atoms with Crippen LogP contribution in [0, 0.1) is 19.8 Å². The van der Waals surface area contributed by atoms with Crippen LogP contribution in [-0.4, -0.2) is 22.8 Å². The summed E-state index contributed by atoms with van der Waals surface area (Å²) in [5.41, 5.74) is 3.52. The fraction of sp³-hybridized carbons (Fsp3) is 0.409. The molecule has 1 saturated carbocycles. The van der Waals surface area contributed by atoms with Crippen LogP contribution in [0.4, 0.5) is 0 Å². The Kier molecular flexibility index (Phi) is 6.68. The molecule has 2 amide bonds. The topological polar surface area (TPSA) is 71.1 Å². The summed E-state index contributed by atoms with van der Waals surface area (Å²) >= 11 is 6.11. The molecule has 1 fully saturated rings. The minimum atomic E-state index is -0.108. The molecule has 28 heavy (non-hydrogen) atoms. The van der Waals surface area contributed by atoms with Crippen LogP contribution in [0.3, 0.4) is 0 Å². The van der Waals surface area contributed by atoms with Crippen LogP contribution in [0.15, 0.2) is 36.5 Å². The molecule has 1 aliphatic carbocycles. The third-order valence-corrected chi connectivity index (χ3v) is 5.70. The number of benzene rings is 1. The molecule has 5 nitrogen and oxygen atoms in total. The van der Waals surface area contributed by atoms with Crippen molar-refractivity contribution in [3.8, 4) is 0 Å². The highest BCUT2D eigenvalue weighted by Gasteiger charge is 2.27. The van der Waals surface area contributed by atoms with Crippen LogP contribution < -0.4 is 10.6 Å². The predicted molar refractivity (Wildman–Crippen MR) is 110 cm³/mol. The van der Waals surface area contributed by atoms with Gasteiger partial charge in [-0.2, -0.15) is 0 Å². The van der Waals surface area contributed by atoms with Gasteiger partial charge in [-0.05, 0) is 74.9 Å². The lowest BCUT2D eigenvalue weighted by Crippen LogP contribution is -2.40. The lowest BCUT2D eigenvalue weighted by molar-refractivity contribution is -0.126. The van der Waals surface area contributed by atoms with E-state index in [4.69, 9.17) is 11.6 Å². The quantitative estimate of drug-likeness (QED) is 0.799. The molecular formula is C22H26ClN3O2. The summed E-state index contributed by atoms with van der Waals surface area (Å²) in [5, 5.41) is 6.68. The average molecular weight is 400 g/mol. The van der Waals surface area contributed by atoms with Gasteiger partial charge in [0.2, 0.25) is 5.91 Å².